The Morgan fingerprint density at radius 1 is 0.927 bits per heavy atom. The zero-order valence-corrected chi connectivity index (χ0v) is 25.7. The van der Waals surface area contributed by atoms with E-state index in [1.807, 2.05) is 34.6 Å². The van der Waals surface area contributed by atoms with Gasteiger partial charge in [0, 0.05) is 17.6 Å². The van der Waals surface area contributed by atoms with Crippen LogP contribution < -0.4 is 14.4 Å². The number of aryl methyl sites for hydroxylation is 1. The van der Waals surface area contributed by atoms with E-state index in [0.29, 0.717) is 29.5 Å². The number of anilines is 1. The number of nitrogens with zero attached hydrogens (tertiary/aromatic N) is 2. The van der Waals surface area contributed by atoms with Crippen LogP contribution in [0.5, 0.6) is 5.75 Å². The number of hydrogen-bond donors (Lipinski definition) is 1. The number of benzene rings is 3. The summed E-state index contributed by atoms with van der Waals surface area (Å²) in [5.74, 6) is -0.276. The Morgan fingerprint density at radius 3 is 2.07 bits per heavy atom. The third kappa shape index (κ3) is 8.47. The van der Waals surface area contributed by atoms with Gasteiger partial charge in [-0.05, 0) is 88.2 Å². The van der Waals surface area contributed by atoms with Crippen molar-refractivity contribution in [3.63, 3.8) is 0 Å². The average Bonchev–Trinajstić information content (AvgIpc) is 2.93. The number of rotatable bonds is 13. The van der Waals surface area contributed by atoms with Crippen LogP contribution in [0.3, 0.4) is 0 Å². The van der Waals surface area contributed by atoms with E-state index < -0.39 is 28.5 Å². The minimum absolute atomic E-state index is 0.0168. The summed E-state index contributed by atoms with van der Waals surface area (Å²) in [7, 11) is -4.17. The van der Waals surface area contributed by atoms with Crippen LogP contribution in [0.2, 0.25) is 5.02 Å². The maximum atomic E-state index is 14.1. The average molecular weight is 600 g/mol. The first-order chi connectivity index (χ1) is 19.5. The third-order valence-corrected chi connectivity index (χ3v) is 8.45. The molecule has 0 fully saturated rings. The van der Waals surface area contributed by atoms with E-state index in [1.54, 1.807) is 60.7 Å². The Bertz CT molecular complexity index is 1410. The zero-order chi connectivity index (χ0) is 30.2. The predicted octanol–water partition coefficient (Wildman–Crippen LogP) is 5.57. The summed E-state index contributed by atoms with van der Waals surface area (Å²) in [5, 5.41) is 3.43. The lowest BCUT2D eigenvalue weighted by Crippen LogP contribution is -2.53. The zero-order valence-electron chi connectivity index (χ0n) is 24.1. The highest BCUT2D eigenvalue weighted by Gasteiger charge is 2.33. The Hall–Kier alpha value is -3.56. The fraction of sp³-hybridized carbons (Fsp3) is 0.355. The molecule has 1 N–H and O–H groups in total. The molecule has 41 heavy (non-hydrogen) atoms. The summed E-state index contributed by atoms with van der Waals surface area (Å²) < 4.78 is 34.5. The van der Waals surface area contributed by atoms with Crippen molar-refractivity contribution in [2.24, 2.45) is 0 Å². The van der Waals surface area contributed by atoms with Gasteiger partial charge in [-0.25, -0.2) is 8.42 Å². The van der Waals surface area contributed by atoms with E-state index in [4.69, 9.17) is 16.3 Å². The van der Waals surface area contributed by atoms with Gasteiger partial charge in [0.2, 0.25) is 11.8 Å². The van der Waals surface area contributed by atoms with Crippen LogP contribution in [0.25, 0.3) is 0 Å². The van der Waals surface area contributed by atoms with Crippen LogP contribution in [0.1, 0.15) is 45.2 Å². The number of carbonyl (C=O) groups excluding carboxylic acids is 2. The number of carbonyl (C=O) groups is 2. The topological polar surface area (TPSA) is 96.0 Å². The molecule has 0 aromatic heterocycles. The van der Waals surface area contributed by atoms with Crippen LogP contribution in [-0.2, 0) is 26.2 Å². The van der Waals surface area contributed by atoms with Crippen molar-refractivity contribution in [2.45, 2.75) is 64.6 Å². The first-order valence-electron chi connectivity index (χ1n) is 13.6. The van der Waals surface area contributed by atoms with Gasteiger partial charge in [-0.3, -0.25) is 13.9 Å². The van der Waals surface area contributed by atoms with Gasteiger partial charge in [-0.2, -0.15) is 0 Å². The molecule has 3 aromatic rings. The largest absolute Gasteiger partial charge is 0.494 e. The van der Waals surface area contributed by atoms with Gasteiger partial charge in [-0.1, -0.05) is 48.4 Å². The fourth-order valence-corrected chi connectivity index (χ4v) is 5.87. The molecule has 0 unspecified atom stereocenters. The van der Waals surface area contributed by atoms with Crippen LogP contribution in [0, 0.1) is 6.92 Å². The molecule has 0 saturated carbocycles. The van der Waals surface area contributed by atoms with Crippen molar-refractivity contribution in [3.8, 4) is 5.75 Å². The molecule has 0 aliphatic carbocycles. The molecule has 0 heterocycles. The summed E-state index contributed by atoms with van der Waals surface area (Å²) in [6, 6.07) is 19.0. The number of hydrogen-bond acceptors (Lipinski definition) is 5. The Labute approximate surface area is 248 Å². The number of sulfonamides is 1. The highest BCUT2D eigenvalue weighted by Crippen LogP contribution is 2.27. The van der Waals surface area contributed by atoms with Gasteiger partial charge in [0.1, 0.15) is 18.3 Å². The SMILES string of the molecule is CCOc1ccc(S(=O)(=O)N(CC(=O)N(Cc2ccc(Cl)cc2)[C@H](CC)C(=O)NC(C)C)c2ccc(C)cc2)cc1. The fourth-order valence-electron chi connectivity index (χ4n) is 4.33. The highest BCUT2D eigenvalue weighted by atomic mass is 35.5. The number of amides is 2. The smallest absolute Gasteiger partial charge is 0.264 e. The lowest BCUT2D eigenvalue weighted by atomic mass is 10.1. The summed E-state index contributed by atoms with van der Waals surface area (Å²) in [6.07, 6.45) is 0.341. The van der Waals surface area contributed by atoms with Gasteiger partial charge in [0.25, 0.3) is 10.0 Å². The van der Waals surface area contributed by atoms with Crippen molar-refractivity contribution in [1.29, 1.82) is 0 Å². The molecule has 0 aliphatic heterocycles. The first-order valence-corrected chi connectivity index (χ1v) is 15.4. The summed E-state index contributed by atoms with van der Waals surface area (Å²) in [4.78, 5) is 28.7. The second-order valence-electron chi connectivity index (χ2n) is 9.99. The number of halogens is 1. The summed E-state index contributed by atoms with van der Waals surface area (Å²) >= 11 is 6.07. The molecule has 3 aromatic carbocycles. The number of ether oxygens (including phenoxy) is 1. The van der Waals surface area contributed by atoms with Crippen LogP contribution >= 0.6 is 11.6 Å². The van der Waals surface area contributed by atoms with Crippen molar-refractivity contribution in [2.75, 3.05) is 17.5 Å². The molecule has 1 atom stereocenters. The molecule has 8 nitrogen and oxygen atoms in total. The molecule has 10 heteroatoms. The van der Waals surface area contributed by atoms with Gasteiger partial charge >= 0.3 is 0 Å². The standard InChI is InChI=1S/C31H38ClN3O5S/c1-6-29(31(37)33-22(3)4)34(20-24-10-12-25(32)13-11-24)30(36)21-35(26-14-8-23(5)9-15-26)41(38,39)28-18-16-27(17-19-28)40-7-2/h8-19,22,29H,6-7,20-21H2,1-5H3,(H,33,37)/t29-/m1/s1. The molecule has 2 amide bonds. The first kappa shape index (κ1) is 32.0. The van der Waals surface area contributed by atoms with Gasteiger partial charge in [0.05, 0.1) is 17.2 Å². The minimum atomic E-state index is -4.17. The molecule has 3 rings (SSSR count). The van der Waals surface area contributed by atoms with E-state index in [1.165, 1.54) is 17.0 Å². The third-order valence-electron chi connectivity index (χ3n) is 6.41. The summed E-state index contributed by atoms with van der Waals surface area (Å²) in [5.41, 5.74) is 2.04. The molecule has 0 aliphatic rings. The van der Waals surface area contributed by atoms with Gasteiger partial charge in [-0.15, -0.1) is 0 Å². The molecule has 0 radical (unpaired) electrons. The quantitative estimate of drug-likeness (QED) is 0.277. The number of nitrogens with one attached hydrogen (secondary N) is 1. The van der Waals surface area contributed by atoms with E-state index in [2.05, 4.69) is 5.32 Å². The second-order valence-corrected chi connectivity index (χ2v) is 12.3. The van der Waals surface area contributed by atoms with Gasteiger partial charge < -0.3 is 15.0 Å². The normalized spacial score (nSPS) is 12.1. The van der Waals surface area contributed by atoms with Crippen molar-refractivity contribution in [3.05, 3.63) is 88.9 Å². The lowest BCUT2D eigenvalue weighted by Gasteiger charge is -2.33. The Kier molecular flexibility index (Phi) is 11.2. The van der Waals surface area contributed by atoms with Crippen LogP contribution in [0.15, 0.2) is 77.7 Å². The van der Waals surface area contributed by atoms with Gasteiger partial charge in [0.15, 0.2) is 0 Å². The second kappa shape index (κ2) is 14.4. The maximum absolute atomic E-state index is 14.1. The van der Waals surface area contributed by atoms with Crippen LogP contribution in [-0.4, -0.2) is 50.4 Å². The minimum Gasteiger partial charge on any atom is -0.494 e. The van der Waals surface area contributed by atoms with Crippen molar-refractivity contribution >= 4 is 39.1 Å². The Morgan fingerprint density at radius 2 is 1.54 bits per heavy atom. The van der Waals surface area contributed by atoms with Crippen molar-refractivity contribution < 1.29 is 22.7 Å². The van der Waals surface area contributed by atoms with Crippen LogP contribution in [0.4, 0.5) is 5.69 Å². The molecule has 220 valence electrons. The van der Waals surface area contributed by atoms with E-state index in [0.717, 1.165) is 15.4 Å². The molecule has 0 spiro atoms. The van der Waals surface area contributed by atoms with Crippen molar-refractivity contribution in [1.82, 2.24) is 10.2 Å². The molecular formula is C31H38ClN3O5S. The monoisotopic (exact) mass is 599 g/mol. The molecular weight excluding hydrogens is 562 g/mol. The molecule has 0 bridgehead atoms. The summed E-state index contributed by atoms with van der Waals surface area (Å²) in [6.45, 7) is 9.30. The predicted molar refractivity (Wildman–Crippen MR) is 163 cm³/mol. The van der Waals surface area contributed by atoms with E-state index in [9.17, 15) is 18.0 Å². The van der Waals surface area contributed by atoms with E-state index >= 15 is 0 Å². The highest BCUT2D eigenvalue weighted by molar-refractivity contribution is 7.92. The van der Waals surface area contributed by atoms with E-state index in [-0.39, 0.29) is 23.4 Å². The Balaban J connectivity index is 2.04. The lowest BCUT2D eigenvalue weighted by molar-refractivity contribution is -0.140. The maximum Gasteiger partial charge on any atom is 0.264 e. The molecule has 0 saturated heterocycles.